The molecule has 0 fully saturated rings. The Labute approximate surface area is 69.2 Å². The number of rotatable bonds is 3. The smallest absolute Gasteiger partial charge is 0.305 e. The highest BCUT2D eigenvalue weighted by atomic mass is 16.5. The number of nitrogens with zero attached hydrogens (tertiary/aromatic N) is 2. The van der Waals surface area contributed by atoms with E-state index >= 15 is 0 Å². The fourth-order valence-corrected chi connectivity index (χ4v) is 0.775. The maximum absolute atomic E-state index is 10.8. The molecule has 0 unspecified atom stereocenters. The molecule has 64 valence electrons. The van der Waals surface area contributed by atoms with Crippen molar-refractivity contribution in [1.82, 2.24) is 0 Å². The second-order valence-corrected chi connectivity index (χ2v) is 2.20. The van der Waals surface area contributed by atoms with Crippen molar-refractivity contribution < 1.29 is 14.3 Å². The maximum atomic E-state index is 10.8. The van der Waals surface area contributed by atoms with Gasteiger partial charge in [0.15, 0.2) is 0 Å². The average molecular weight is 168 g/mol. The molecule has 0 spiro atoms. The molecule has 0 aliphatic carbocycles. The number of aliphatic imine (C=N–C) groups is 2. The zero-order valence-electron chi connectivity index (χ0n) is 6.61. The van der Waals surface area contributed by atoms with Gasteiger partial charge in [0, 0.05) is 6.42 Å². The molecule has 0 atom stereocenters. The molecular formula is C7H8N2O3. The van der Waals surface area contributed by atoms with Crippen molar-refractivity contribution in [3.05, 3.63) is 0 Å². The van der Waals surface area contributed by atoms with Crippen LogP contribution in [0.4, 0.5) is 0 Å². The van der Waals surface area contributed by atoms with Crippen molar-refractivity contribution in [1.29, 1.82) is 0 Å². The highest BCUT2D eigenvalue weighted by Gasteiger charge is 2.14. The Kier molecular flexibility index (Phi) is 2.68. The molecule has 1 amide bonds. The molecule has 5 nitrogen and oxygen atoms in total. The van der Waals surface area contributed by atoms with E-state index in [4.69, 9.17) is 0 Å². The Morgan fingerprint density at radius 1 is 1.67 bits per heavy atom. The molecule has 1 aliphatic rings. The van der Waals surface area contributed by atoms with Crippen LogP contribution in [0.5, 0.6) is 0 Å². The van der Waals surface area contributed by atoms with E-state index in [0.717, 1.165) is 0 Å². The Morgan fingerprint density at radius 3 is 2.92 bits per heavy atom. The fraction of sp³-hybridized carbons (Fsp3) is 0.429. The fourth-order valence-electron chi connectivity index (χ4n) is 0.775. The molecule has 0 N–H and O–H groups in total. The maximum Gasteiger partial charge on any atom is 0.305 e. The van der Waals surface area contributed by atoms with Gasteiger partial charge in [-0.3, -0.25) is 9.59 Å². The first kappa shape index (κ1) is 8.58. The van der Waals surface area contributed by atoms with E-state index < -0.39 is 0 Å². The normalized spacial score (nSPS) is 14.8. The SMILES string of the molecule is COC(=O)CCC1=NC=NC1=O. The van der Waals surface area contributed by atoms with Gasteiger partial charge in [-0.25, -0.2) is 4.99 Å². The molecule has 5 heteroatoms. The van der Waals surface area contributed by atoms with Gasteiger partial charge in [-0.05, 0) is 0 Å². The zero-order chi connectivity index (χ0) is 8.97. The first-order valence-electron chi connectivity index (χ1n) is 3.44. The Bertz CT molecular complexity index is 268. The van der Waals surface area contributed by atoms with Crippen LogP contribution in [0.3, 0.4) is 0 Å². The molecule has 0 bridgehead atoms. The zero-order valence-corrected chi connectivity index (χ0v) is 6.61. The lowest BCUT2D eigenvalue weighted by molar-refractivity contribution is -0.140. The minimum absolute atomic E-state index is 0.171. The standard InChI is InChI=1S/C7H8N2O3/c1-12-6(10)3-2-5-7(11)9-4-8-5/h4H,2-3H2,1H3. The highest BCUT2D eigenvalue weighted by molar-refractivity contribution is 6.43. The predicted molar refractivity (Wildman–Crippen MR) is 42.2 cm³/mol. The van der Waals surface area contributed by atoms with E-state index in [1.807, 2.05) is 0 Å². The molecule has 0 radical (unpaired) electrons. The lowest BCUT2D eigenvalue weighted by atomic mass is 10.2. The molecule has 0 saturated carbocycles. The summed E-state index contributed by atoms with van der Waals surface area (Å²) in [4.78, 5) is 28.5. The van der Waals surface area contributed by atoms with Crippen LogP contribution in [-0.4, -0.2) is 31.0 Å². The van der Waals surface area contributed by atoms with Gasteiger partial charge >= 0.3 is 5.97 Å². The third-order valence-corrected chi connectivity index (χ3v) is 1.43. The molecule has 0 saturated heterocycles. The van der Waals surface area contributed by atoms with Gasteiger partial charge in [-0.15, -0.1) is 0 Å². The second-order valence-electron chi connectivity index (χ2n) is 2.20. The number of ether oxygens (including phenoxy) is 1. The van der Waals surface area contributed by atoms with Crippen LogP contribution in [-0.2, 0) is 14.3 Å². The minimum atomic E-state index is -0.362. The van der Waals surface area contributed by atoms with Crippen LogP contribution < -0.4 is 0 Å². The summed E-state index contributed by atoms with van der Waals surface area (Å²) in [6.07, 6.45) is 1.66. The minimum Gasteiger partial charge on any atom is -0.469 e. The van der Waals surface area contributed by atoms with Crippen LogP contribution in [0.2, 0.25) is 0 Å². The third-order valence-electron chi connectivity index (χ3n) is 1.43. The predicted octanol–water partition coefficient (Wildman–Crippen LogP) is -0.0509. The molecule has 1 rings (SSSR count). The Balaban J connectivity index is 2.34. The summed E-state index contributed by atoms with van der Waals surface area (Å²) in [6, 6.07) is 0. The van der Waals surface area contributed by atoms with Gasteiger partial charge in [-0.2, -0.15) is 4.99 Å². The van der Waals surface area contributed by atoms with E-state index in [2.05, 4.69) is 14.7 Å². The van der Waals surface area contributed by atoms with Crippen molar-refractivity contribution in [2.45, 2.75) is 12.8 Å². The summed E-state index contributed by atoms with van der Waals surface area (Å²) < 4.78 is 4.40. The summed E-state index contributed by atoms with van der Waals surface area (Å²) in [7, 11) is 1.30. The van der Waals surface area contributed by atoms with Gasteiger partial charge in [0.05, 0.1) is 13.5 Å². The second kappa shape index (κ2) is 3.75. The van der Waals surface area contributed by atoms with E-state index in [-0.39, 0.29) is 18.3 Å². The van der Waals surface area contributed by atoms with Gasteiger partial charge in [-0.1, -0.05) is 0 Å². The molecule has 12 heavy (non-hydrogen) atoms. The van der Waals surface area contributed by atoms with Crippen molar-refractivity contribution in [2.24, 2.45) is 9.98 Å². The summed E-state index contributed by atoms with van der Waals surface area (Å²) in [6.45, 7) is 0. The van der Waals surface area contributed by atoms with E-state index in [0.29, 0.717) is 12.1 Å². The number of amides is 1. The van der Waals surface area contributed by atoms with E-state index in [1.165, 1.54) is 13.4 Å². The number of esters is 1. The van der Waals surface area contributed by atoms with E-state index in [9.17, 15) is 9.59 Å². The van der Waals surface area contributed by atoms with Gasteiger partial charge in [0.2, 0.25) is 0 Å². The molecule has 1 heterocycles. The number of hydrogen-bond donors (Lipinski definition) is 0. The Morgan fingerprint density at radius 2 is 2.42 bits per heavy atom. The number of hydrogen-bond acceptors (Lipinski definition) is 4. The van der Waals surface area contributed by atoms with Crippen molar-refractivity contribution >= 4 is 23.9 Å². The first-order chi connectivity index (χ1) is 5.74. The quantitative estimate of drug-likeness (QED) is 0.555. The summed E-state index contributed by atoms with van der Waals surface area (Å²) >= 11 is 0. The summed E-state index contributed by atoms with van der Waals surface area (Å²) in [5.74, 6) is -0.712. The number of methoxy groups -OCH3 is 1. The monoisotopic (exact) mass is 168 g/mol. The molecule has 0 aromatic rings. The molecule has 1 aliphatic heterocycles. The number of carbonyl (C=O) groups excluding carboxylic acids is 2. The topological polar surface area (TPSA) is 68.1 Å². The van der Waals surface area contributed by atoms with Crippen LogP contribution in [0.25, 0.3) is 0 Å². The Hall–Kier alpha value is -1.52. The lowest BCUT2D eigenvalue weighted by Crippen LogP contribution is -2.10. The van der Waals surface area contributed by atoms with Gasteiger partial charge < -0.3 is 4.74 Å². The van der Waals surface area contributed by atoms with Crippen molar-refractivity contribution in [2.75, 3.05) is 7.11 Å². The number of carbonyl (C=O) groups is 2. The van der Waals surface area contributed by atoms with Gasteiger partial charge in [0.1, 0.15) is 12.1 Å². The van der Waals surface area contributed by atoms with Crippen LogP contribution in [0, 0.1) is 0 Å². The molecule has 0 aromatic carbocycles. The van der Waals surface area contributed by atoms with Crippen molar-refractivity contribution in [3.63, 3.8) is 0 Å². The lowest BCUT2D eigenvalue weighted by Gasteiger charge is -1.96. The first-order valence-corrected chi connectivity index (χ1v) is 3.44. The third kappa shape index (κ3) is 1.98. The summed E-state index contributed by atoms with van der Waals surface area (Å²) in [5, 5.41) is 0. The van der Waals surface area contributed by atoms with Crippen LogP contribution >= 0.6 is 0 Å². The molecule has 0 aromatic heterocycles. The average Bonchev–Trinajstić information content (AvgIpc) is 2.47. The van der Waals surface area contributed by atoms with Crippen LogP contribution in [0.1, 0.15) is 12.8 Å². The van der Waals surface area contributed by atoms with Crippen LogP contribution in [0.15, 0.2) is 9.98 Å². The van der Waals surface area contributed by atoms with Crippen molar-refractivity contribution in [3.8, 4) is 0 Å². The van der Waals surface area contributed by atoms with Gasteiger partial charge in [0.25, 0.3) is 5.91 Å². The summed E-state index contributed by atoms with van der Waals surface area (Å²) in [5.41, 5.74) is 0.320. The highest BCUT2D eigenvalue weighted by Crippen LogP contribution is 2.00. The van der Waals surface area contributed by atoms with E-state index in [1.54, 1.807) is 0 Å². The molecular weight excluding hydrogens is 160 g/mol. The largest absolute Gasteiger partial charge is 0.469 e.